The molecule has 1 aromatic heterocycles. The van der Waals surface area contributed by atoms with E-state index in [9.17, 15) is 4.79 Å². The number of piperazine rings is 1. The molecule has 7 nitrogen and oxygen atoms in total. The molecule has 7 heteroatoms. The molecule has 0 atom stereocenters. The molecule has 18 heavy (non-hydrogen) atoms. The van der Waals surface area contributed by atoms with Crippen molar-refractivity contribution in [1.29, 1.82) is 0 Å². The predicted octanol–water partition coefficient (Wildman–Crippen LogP) is -1.28. The fourth-order valence-electron chi connectivity index (χ4n) is 2.06. The average molecular weight is 253 g/mol. The van der Waals surface area contributed by atoms with Crippen LogP contribution >= 0.6 is 0 Å². The molecule has 1 amide bonds. The van der Waals surface area contributed by atoms with E-state index in [0.29, 0.717) is 19.6 Å². The van der Waals surface area contributed by atoms with Crippen molar-refractivity contribution < 1.29 is 9.90 Å². The Morgan fingerprint density at radius 2 is 2.11 bits per heavy atom. The Labute approximate surface area is 106 Å². The lowest BCUT2D eigenvalue weighted by Crippen LogP contribution is -2.50. The maximum Gasteiger partial charge on any atom is 0.244 e. The summed E-state index contributed by atoms with van der Waals surface area (Å²) in [6, 6.07) is 0. The number of hydrogen-bond donors (Lipinski definition) is 1. The third-order valence-electron chi connectivity index (χ3n) is 3.24. The van der Waals surface area contributed by atoms with Crippen LogP contribution in [-0.4, -0.2) is 75.1 Å². The highest BCUT2D eigenvalue weighted by atomic mass is 16.3. The standard InChI is InChI=1S/C11H19N5O2/c1-10-8-12-13-16(10)9-11(18)15-4-2-14(3-5-15)6-7-17/h8,17H,2-7,9H2,1H3. The Balaban J connectivity index is 1.83. The van der Waals surface area contributed by atoms with Gasteiger partial charge in [-0.15, -0.1) is 5.10 Å². The van der Waals surface area contributed by atoms with Gasteiger partial charge in [-0.1, -0.05) is 5.21 Å². The van der Waals surface area contributed by atoms with E-state index in [1.165, 1.54) is 0 Å². The molecular formula is C11H19N5O2. The first-order chi connectivity index (χ1) is 8.70. The molecule has 1 aromatic rings. The highest BCUT2D eigenvalue weighted by Crippen LogP contribution is 2.03. The van der Waals surface area contributed by atoms with Gasteiger partial charge >= 0.3 is 0 Å². The first-order valence-electron chi connectivity index (χ1n) is 6.17. The maximum atomic E-state index is 12.1. The van der Waals surface area contributed by atoms with Gasteiger partial charge in [0.2, 0.25) is 5.91 Å². The van der Waals surface area contributed by atoms with Gasteiger partial charge in [0.05, 0.1) is 18.5 Å². The summed E-state index contributed by atoms with van der Waals surface area (Å²) in [7, 11) is 0. The van der Waals surface area contributed by atoms with E-state index in [0.717, 1.165) is 18.8 Å². The summed E-state index contributed by atoms with van der Waals surface area (Å²) in [5.41, 5.74) is 0.891. The van der Waals surface area contributed by atoms with Gasteiger partial charge in [-0.25, -0.2) is 4.68 Å². The van der Waals surface area contributed by atoms with E-state index in [2.05, 4.69) is 15.2 Å². The van der Waals surface area contributed by atoms with E-state index >= 15 is 0 Å². The van der Waals surface area contributed by atoms with Crippen LogP contribution in [0.3, 0.4) is 0 Å². The third-order valence-corrected chi connectivity index (χ3v) is 3.24. The topological polar surface area (TPSA) is 74.5 Å². The summed E-state index contributed by atoms with van der Waals surface area (Å²) in [4.78, 5) is 16.1. The average Bonchev–Trinajstić information content (AvgIpc) is 2.76. The summed E-state index contributed by atoms with van der Waals surface area (Å²) in [6.07, 6.45) is 1.65. The largest absolute Gasteiger partial charge is 0.395 e. The van der Waals surface area contributed by atoms with E-state index in [-0.39, 0.29) is 19.1 Å². The van der Waals surface area contributed by atoms with Crippen molar-refractivity contribution in [3.8, 4) is 0 Å². The van der Waals surface area contributed by atoms with Crippen LogP contribution in [0, 0.1) is 6.92 Å². The maximum absolute atomic E-state index is 12.1. The van der Waals surface area contributed by atoms with Crippen LogP contribution in [-0.2, 0) is 11.3 Å². The SMILES string of the molecule is Cc1cnnn1CC(=O)N1CCN(CCO)CC1. The normalized spacial score (nSPS) is 17.1. The first-order valence-corrected chi connectivity index (χ1v) is 6.17. The van der Waals surface area contributed by atoms with Crippen molar-refractivity contribution in [2.24, 2.45) is 0 Å². The molecule has 0 aliphatic carbocycles. The van der Waals surface area contributed by atoms with E-state index in [1.54, 1.807) is 10.9 Å². The molecule has 1 fully saturated rings. The monoisotopic (exact) mass is 253 g/mol. The van der Waals surface area contributed by atoms with Gasteiger partial charge in [0.1, 0.15) is 6.54 Å². The number of amides is 1. The summed E-state index contributed by atoms with van der Waals surface area (Å²) >= 11 is 0. The molecule has 2 rings (SSSR count). The number of rotatable bonds is 4. The summed E-state index contributed by atoms with van der Waals surface area (Å²) < 4.78 is 1.61. The molecule has 100 valence electrons. The van der Waals surface area contributed by atoms with Crippen LogP contribution in [0.4, 0.5) is 0 Å². The smallest absolute Gasteiger partial charge is 0.244 e. The van der Waals surface area contributed by atoms with Crippen LogP contribution in [0.25, 0.3) is 0 Å². The molecular weight excluding hydrogens is 234 g/mol. The third kappa shape index (κ3) is 3.05. The highest BCUT2D eigenvalue weighted by molar-refractivity contribution is 5.76. The lowest BCUT2D eigenvalue weighted by Gasteiger charge is -2.34. The van der Waals surface area contributed by atoms with Gasteiger partial charge < -0.3 is 10.0 Å². The van der Waals surface area contributed by atoms with Gasteiger partial charge in [-0.2, -0.15) is 0 Å². The van der Waals surface area contributed by atoms with Gasteiger partial charge in [-0.3, -0.25) is 9.69 Å². The zero-order valence-corrected chi connectivity index (χ0v) is 10.6. The van der Waals surface area contributed by atoms with Gasteiger partial charge in [-0.05, 0) is 6.92 Å². The van der Waals surface area contributed by atoms with Gasteiger partial charge in [0.15, 0.2) is 0 Å². The van der Waals surface area contributed by atoms with E-state index < -0.39 is 0 Å². The summed E-state index contributed by atoms with van der Waals surface area (Å²) in [6.45, 7) is 6.07. The molecule has 1 N–H and O–H groups in total. The van der Waals surface area contributed by atoms with Gasteiger partial charge in [0.25, 0.3) is 0 Å². The molecule has 0 spiro atoms. The minimum Gasteiger partial charge on any atom is -0.395 e. The zero-order valence-electron chi connectivity index (χ0n) is 10.6. The number of nitrogens with zero attached hydrogens (tertiary/aromatic N) is 5. The second-order valence-electron chi connectivity index (χ2n) is 4.48. The Morgan fingerprint density at radius 1 is 1.39 bits per heavy atom. The quantitative estimate of drug-likeness (QED) is 0.723. The lowest BCUT2D eigenvalue weighted by molar-refractivity contribution is -0.133. The molecule has 0 saturated carbocycles. The fraction of sp³-hybridized carbons (Fsp3) is 0.727. The zero-order chi connectivity index (χ0) is 13.0. The molecule has 1 saturated heterocycles. The van der Waals surface area contributed by atoms with E-state index in [4.69, 9.17) is 5.11 Å². The van der Waals surface area contributed by atoms with E-state index in [1.807, 2.05) is 11.8 Å². The Morgan fingerprint density at radius 3 is 2.67 bits per heavy atom. The minimum atomic E-state index is 0.0762. The lowest BCUT2D eigenvalue weighted by atomic mass is 10.3. The molecule has 0 bridgehead atoms. The molecule has 0 aromatic carbocycles. The second kappa shape index (κ2) is 5.92. The predicted molar refractivity (Wildman–Crippen MR) is 64.9 cm³/mol. The van der Waals surface area contributed by atoms with Gasteiger partial charge in [0, 0.05) is 32.7 Å². The Kier molecular flexibility index (Phi) is 4.27. The number of aliphatic hydroxyl groups excluding tert-OH is 1. The number of hydrogen-bond acceptors (Lipinski definition) is 5. The number of aryl methyl sites for hydroxylation is 1. The Bertz CT molecular complexity index is 398. The molecule has 1 aliphatic rings. The highest BCUT2D eigenvalue weighted by Gasteiger charge is 2.21. The number of carbonyl (C=O) groups is 1. The molecule has 0 unspecified atom stereocenters. The summed E-state index contributed by atoms with van der Waals surface area (Å²) in [5.74, 6) is 0.0762. The second-order valence-corrected chi connectivity index (χ2v) is 4.48. The number of aromatic nitrogens is 3. The summed E-state index contributed by atoms with van der Waals surface area (Å²) in [5, 5.41) is 16.5. The number of carbonyl (C=O) groups excluding carboxylic acids is 1. The van der Waals surface area contributed by atoms with Crippen molar-refractivity contribution in [1.82, 2.24) is 24.8 Å². The molecule has 0 radical (unpaired) electrons. The number of β-amino-alcohol motifs (C(OH)–C–C–N with tert-alkyl or cyclic N) is 1. The van der Waals surface area contributed by atoms with Crippen molar-refractivity contribution in [3.05, 3.63) is 11.9 Å². The minimum absolute atomic E-state index is 0.0762. The van der Waals surface area contributed by atoms with Crippen molar-refractivity contribution in [2.45, 2.75) is 13.5 Å². The molecule has 1 aliphatic heterocycles. The van der Waals surface area contributed by atoms with Crippen molar-refractivity contribution in [2.75, 3.05) is 39.3 Å². The molecule has 2 heterocycles. The first kappa shape index (κ1) is 13.0. The van der Waals surface area contributed by atoms with Crippen molar-refractivity contribution >= 4 is 5.91 Å². The van der Waals surface area contributed by atoms with Crippen LogP contribution in [0.1, 0.15) is 5.69 Å². The number of aliphatic hydroxyl groups is 1. The van der Waals surface area contributed by atoms with Crippen LogP contribution in [0.2, 0.25) is 0 Å². The van der Waals surface area contributed by atoms with Crippen LogP contribution in [0.5, 0.6) is 0 Å². The van der Waals surface area contributed by atoms with Crippen LogP contribution < -0.4 is 0 Å². The Hall–Kier alpha value is -1.47. The van der Waals surface area contributed by atoms with Crippen molar-refractivity contribution in [3.63, 3.8) is 0 Å². The van der Waals surface area contributed by atoms with Crippen LogP contribution in [0.15, 0.2) is 6.20 Å². The fourth-order valence-corrected chi connectivity index (χ4v) is 2.06.